The third-order valence-corrected chi connectivity index (χ3v) is 6.15. The van der Waals surface area contributed by atoms with E-state index in [4.69, 9.17) is 25.5 Å². The predicted molar refractivity (Wildman–Crippen MR) is 136 cm³/mol. The molecule has 1 amide bonds. The smallest absolute Gasteiger partial charge is 0.296 e. The molecule has 0 spiro atoms. The standard InChI is InChI=1S/C28H28ClNO6/c1-3-5-14-36-22-13-10-19(16-23(22)34-4-2)25-24(26(31)18-8-11-20(29)12-9-18)27(32)28(33)30(25)17-21-7-6-15-35-21/h6-13,15-16,25,31H,3-5,14,17H2,1-2H3/b26-24+. The maximum atomic E-state index is 13.2. The van der Waals surface area contributed by atoms with Crippen LogP contribution in [-0.2, 0) is 16.1 Å². The van der Waals surface area contributed by atoms with Crippen LogP contribution in [0, 0.1) is 0 Å². The molecule has 1 aromatic heterocycles. The number of hydrogen-bond acceptors (Lipinski definition) is 6. The van der Waals surface area contributed by atoms with Crippen molar-refractivity contribution in [1.29, 1.82) is 0 Å². The number of ketones is 1. The Bertz CT molecular complexity index is 1250. The zero-order chi connectivity index (χ0) is 25.7. The molecule has 8 heteroatoms. The molecule has 0 aliphatic carbocycles. The topological polar surface area (TPSA) is 89.2 Å². The number of benzene rings is 2. The van der Waals surface area contributed by atoms with Crippen LogP contribution in [0.4, 0.5) is 0 Å². The minimum Gasteiger partial charge on any atom is -0.507 e. The van der Waals surface area contributed by atoms with Crippen LogP contribution in [0.3, 0.4) is 0 Å². The summed E-state index contributed by atoms with van der Waals surface area (Å²) in [6.07, 6.45) is 3.40. The number of carbonyl (C=O) groups is 2. The molecule has 1 atom stereocenters. The second kappa shape index (κ2) is 11.4. The van der Waals surface area contributed by atoms with Crippen molar-refractivity contribution >= 4 is 29.1 Å². The number of unbranched alkanes of at least 4 members (excludes halogenated alkanes) is 1. The molecule has 1 saturated heterocycles. The van der Waals surface area contributed by atoms with Crippen LogP contribution in [-0.4, -0.2) is 34.9 Å². The number of rotatable bonds is 10. The summed E-state index contributed by atoms with van der Waals surface area (Å²) in [5, 5.41) is 11.7. The van der Waals surface area contributed by atoms with Crippen molar-refractivity contribution in [3.63, 3.8) is 0 Å². The Balaban J connectivity index is 1.83. The normalized spacial score (nSPS) is 17.0. The molecule has 36 heavy (non-hydrogen) atoms. The molecule has 3 aromatic rings. The Morgan fingerprint density at radius 1 is 1.06 bits per heavy atom. The van der Waals surface area contributed by atoms with Gasteiger partial charge < -0.3 is 23.9 Å². The van der Waals surface area contributed by atoms with Crippen molar-refractivity contribution in [2.75, 3.05) is 13.2 Å². The average Bonchev–Trinajstić information content (AvgIpc) is 3.48. The molecule has 2 aromatic carbocycles. The summed E-state index contributed by atoms with van der Waals surface area (Å²) in [6.45, 7) is 4.96. The zero-order valence-corrected chi connectivity index (χ0v) is 21.0. The second-order valence-corrected chi connectivity index (χ2v) is 8.79. The third-order valence-electron chi connectivity index (χ3n) is 5.90. The monoisotopic (exact) mass is 509 g/mol. The van der Waals surface area contributed by atoms with E-state index in [1.807, 2.05) is 6.92 Å². The Morgan fingerprint density at radius 3 is 2.50 bits per heavy atom. The van der Waals surface area contributed by atoms with Crippen molar-refractivity contribution < 1.29 is 28.6 Å². The highest BCUT2D eigenvalue weighted by Crippen LogP contribution is 2.43. The molecule has 0 saturated carbocycles. The first-order valence-corrected chi connectivity index (χ1v) is 12.3. The Morgan fingerprint density at radius 2 is 1.83 bits per heavy atom. The first-order valence-electron chi connectivity index (χ1n) is 11.9. The Hall–Kier alpha value is -3.71. The summed E-state index contributed by atoms with van der Waals surface area (Å²) in [6, 6.07) is 14.3. The lowest BCUT2D eigenvalue weighted by molar-refractivity contribution is -0.140. The van der Waals surface area contributed by atoms with E-state index in [-0.39, 0.29) is 17.9 Å². The van der Waals surface area contributed by atoms with Crippen molar-refractivity contribution in [2.45, 2.75) is 39.3 Å². The number of hydrogen-bond donors (Lipinski definition) is 1. The molecule has 1 unspecified atom stereocenters. The molecule has 7 nitrogen and oxygen atoms in total. The molecule has 2 heterocycles. The minimum absolute atomic E-state index is 0.0176. The van der Waals surface area contributed by atoms with E-state index in [0.29, 0.717) is 46.6 Å². The lowest BCUT2D eigenvalue weighted by Gasteiger charge is -2.25. The quantitative estimate of drug-likeness (QED) is 0.153. The summed E-state index contributed by atoms with van der Waals surface area (Å²) in [4.78, 5) is 27.8. The lowest BCUT2D eigenvalue weighted by Crippen LogP contribution is -2.29. The number of carbonyl (C=O) groups excluding carboxylic acids is 2. The number of ether oxygens (including phenoxy) is 2. The molecule has 188 valence electrons. The number of likely N-dealkylation sites (tertiary alicyclic amines) is 1. The van der Waals surface area contributed by atoms with Crippen LogP contribution in [0.5, 0.6) is 11.5 Å². The molecule has 1 aliphatic heterocycles. The van der Waals surface area contributed by atoms with Gasteiger partial charge in [0.05, 0.1) is 37.6 Å². The molecule has 1 fully saturated rings. The predicted octanol–water partition coefficient (Wildman–Crippen LogP) is 6.13. The highest BCUT2D eigenvalue weighted by molar-refractivity contribution is 6.46. The van der Waals surface area contributed by atoms with E-state index in [2.05, 4.69) is 6.92 Å². The summed E-state index contributed by atoms with van der Waals surface area (Å²) < 4.78 is 17.2. The van der Waals surface area contributed by atoms with Gasteiger partial charge in [-0.15, -0.1) is 0 Å². The van der Waals surface area contributed by atoms with Gasteiger partial charge in [0, 0.05) is 10.6 Å². The van der Waals surface area contributed by atoms with Crippen LogP contribution in [0.15, 0.2) is 70.9 Å². The molecule has 0 radical (unpaired) electrons. The minimum atomic E-state index is -0.866. The number of aliphatic hydroxyl groups excluding tert-OH is 1. The van der Waals surface area contributed by atoms with Gasteiger partial charge in [0.15, 0.2) is 11.5 Å². The maximum absolute atomic E-state index is 13.2. The van der Waals surface area contributed by atoms with E-state index < -0.39 is 17.7 Å². The molecule has 0 bridgehead atoms. The Kier molecular flexibility index (Phi) is 8.00. The second-order valence-electron chi connectivity index (χ2n) is 8.35. The van der Waals surface area contributed by atoms with Crippen LogP contribution in [0.1, 0.15) is 49.6 Å². The number of nitrogens with zero attached hydrogens (tertiary/aromatic N) is 1. The van der Waals surface area contributed by atoms with E-state index in [0.717, 1.165) is 12.8 Å². The van der Waals surface area contributed by atoms with Gasteiger partial charge in [0.25, 0.3) is 11.7 Å². The third kappa shape index (κ3) is 5.26. The van der Waals surface area contributed by atoms with Gasteiger partial charge in [0.2, 0.25) is 0 Å². The number of amides is 1. The Labute approximate surface area is 214 Å². The van der Waals surface area contributed by atoms with E-state index in [9.17, 15) is 14.7 Å². The van der Waals surface area contributed by atoms with Gasteiger partial charge in [-0.25, -0.2) is 0 Å². The first kappa shape index (κ1) is 25.4. The van der Waals surface area contributed by atoms with Gasteiger partial charge in [-0.3, -0.25) is 9.59 Å². The number of Topliss-reactive ketones (excluding diaryl/α,β-unsaturated/α-hetero) is 1. The van der Waals surface area contributed by atoms with Gasteiger partial charge in [-0.05, 0) is 67.4 Å². The van der Waals surface area contributed by atoms with Crippen LogP contribution in [0.2, 0.25) is 5.02 Å². The van der Waals surface area contributed by atoms with Crippen LogP contribution in [0.25, 0.3) is 5.76 Å². The summed E-state index contributed by atoms with van der Waals surface area (Å²) in [5.74, 6) is -0.194. The molecular weight excluding hydrogens is 482 g/mol. The van der Waals surface area contributed by atoms with Crippen molar-refractivity contribution in [2.24, 2.45) is 0 Å². The maximum Gasteiger partial charge on any atom is 0.296 e. The largest absolute Gasteiger partial charge is 0.507 e. The van der Waals surface area contributed by atoms with E-state index in [1.165, 1.54) is 11.2 Å². The van der Waals surface area contributed by atoms with Crippen LogP contribution >= 0.6 is 11.6 Å². The molecular formula is C28H28ClNO6. The van der Waals surface area contributed by atoms with Gasteiger partial charge >= 0.3 is 0 Å². The number of halogens is 1. The fourth-order valence-electron chi connectivity index (χ4n) is 4.13. The van der Waals surface area contributed by atoms with Crippen molar-refractivity contribution in [3.05, 3.63) is 88.3 Å². The molecule has 4 rings (SSSR count). The number of furan rings is 1. The molecule has 1 aliphatic rings. The fraction of sp³-hybridized carbons (Fsp3) is 0.286. The summed E-state index contributed by atoms with van der Waals surface area (Å²) in [5.41, 5.74) is 0.962. The zero-order valence-electron chi connectivity index (χ0n) is 20.2. The summed E-state index contributed by atoms with van der Waals surface area (Å²) >= 11 is 6.00. The SMILES string of the molecule is CCCCOc1ccc(C2/C(=C(\O)c3ccc(Cl)cc3)C(=O)C(=O)N2Cc2ccco2)cc1OCC. The fourth-order valence-corrected chi connectivity index (χ4v) is 4.26. The molecule has 1 N–H and O–H groups in total. The lowest BCUT2D eigenvalue weighted by atomic mass is 9.95. The van der Waals surface area contributed by atoms with Crippen LogP contribution < -0.4 is 9.47 Å². The highest BCUT2D eigenvalue weighted by atomic mass is 35.5. The van der Waals surface area contributed by atoms with Gasteiger partial charge in [-0.1, -0.05) is 31.0 Å². The average molecular weight is 510 g/mol. The van der Waals surface area contributed by atoms with Gasteiger partial charge in [0.1, 0.15) is 11.5 Å². The van der Waals surface area contributed by atoms with Gasteiger partial charge in [-0.2, -0.15) is 0 Å². The summed E-state index contributed by atoms with van der Waals surface area (Å²) in [7, 11) is 0. The van der Waals surface area contributed by atoms with Crippen molar-refractivity contribution in [1.82, 2.24) is 4.90 Å². The van der Waals surface area contributed by atoms with E-state index >= 15 is 0 Å². The number of aliphatic hydroxyl groups is 1. The highest BCUT2D eigenvalue weighted by Gasteiger charge is 2.46. The van der Waals surface area contributed by atoms with E-state index in [1.54, 1.807) is 54.6 Å². The first-order chi connectivity index (χ1) is 17.4. The van der Waals surface area contributed by atoms with Crippen molar-refractivity contribution in [3.8, 4) is 11.5 Å².